The number of benzene rings is 1. The number of hydrogen-bond acceptors (Lipinski definition) is 6. The van der Waals surface area contributed by atoms with Gasteiger partial charge in [0.25, 0.3) is 0 Å². The molecule has 2 rings (SSSR count). The van der Waals surface area contributed by atoms with Crippen molar-refractivity contribution in [3.05, 3.63) is 35.4 Å². The van der Waals surface area contributed by atoms with Crippen LogP contribution in [0.1, 0.15) is 64.1 Å². The van der Waals surface area contributed by atoms with Crippen LogP contribution in [0.4, 0.5) is 4.79 Å². The van der Waals surface area contributed by atoms with Gasteiger partial charge in [0.05, 0.1) is 7.11 Å². The topological polar surface area (TPSA) is 114 Å². The summed E-state index contributed by atoms with van der Waals surface area (Å²) in [6.07, 6.45) is 1.72. The molecule has 1 saturated carbocycles. The number of rotatable bonds is 8. The van der Waals surface area contributed by atoms with Crippen molar-refractivity contribution in [1.82, 2.24) is 15.5 Å². The van der Waals surface area contributed by atoms with Gasteiger partial charge in [-0.25, -0.2) is 4.79 Å². The summed E-state index contributed by atoms with van der Waals surface area (Å²) in [4.78, 5) is 52.3. The van der Waals surface area contributed by atoms with E-state index in [1.54, 1.807) is 44.7 Å². The molecule has 0 aromatic heterocycles. The van der Waals surface area contributed by atoms with Gasteiger partial charge in [-0.15, -0.1) is 0 Å². The first-order valence-corrected chi connectivity index (χ1v) is 11.2. The molecule has 9 nitrogen and oxygen atoms in total. The smallest absolute Gasteiger partial charge is 0.408 e. The normalized spacial score (nSPS) is 15.5. The Balaban J connectivity index is 2.36. The fourth-order valence-electron chi connectivity index (χ4n) is 3.59. The minimum Gasteiger partial charge on any atom is -0.468 e. The molecule has 9 heteroatoms. The number of alkyl carbamates (subject to hydrolysis) is 1. The van der Waals surface area contributed by atoms with E-state index in [1.807, 2.05) is 19.1 Å². The lowest BCUT2D eigenvalue weighted by Crippen LogP contribution is -2.57. The van der Waals surface area contributed by atoms with E-state index in [9.17, 15) is 19.2 Å². The van der Waals surface area contributed by atoms with E-state index in [4.69, 9.17) is 4.74 Å². The molecular weight excluding hydrogens is 426 g/mol. The standard InChI is InChI=1S/C24H35N3O6/c1-15-10-7-8-13-18(15)20(21(29)25-14-19(28)32-6)27(17-11-9-12-17)22(30)16(2)26-23(31)33-24(3,4)5/h7-8,10,13,16-17,20H,9,11-12,14H2,1-6H3,(H,25,29)(H,26,31). The lowest BCUT2D eigenvalue weighted by Gasteiger charge is -2.43. The van der Waals surface area contributed by atoms with Crippen LogP contribution in [0.5, 0.6) is 0 Å². The molecule has 2 unspecified atom stereocenters. The summed E-state index contributed by atoms with van der Waals surface area (Å²) in [5, 5.41) is 5.17. The number of esters is 1. The molecule has 3 amide bonds. The van der Waals surface area contributed by atoms with Gasteiger partial charge < -0.3 is 25.0 Å². The van der Waals surface area contributed by atoms with Crippen molar-refractivity contribution >= 4 is 23.9 Å². The molecule has 1 aromatic rings. The maximum absolute atomic E-state index is 13.6. The summed E-state index contributed by atoms with van der Waals surface area (Å²) in [6, 6.07) is 5.27. The van der Waals surface area contributed by atoms with E-state index in [0.717, 1.165) is 24.8 Å². The molecule has 33 heavy (non-hydrogen) atoms. The summed E-state index contributed by atoms with van der Waals surface area (Å²) in [6.45, 7) is 8.33. The maximum Gasteiger partial charge on any atom is 0.408 e. The van der Waals surface area contributed by atoms with Crippen molar-refractivity contribution in [2.45, 2.75) is 77.6 Å². The minimum absolute atomic E-state index is 0.158. The highest BCUT2D eigenvalue weighted by Gasteiger charge is 2.41. The van der Waals surface area contributed by atoms with E-state index in [2.05, 4.69) is 15.4 Å². The number of methoxy groups -OCH3 is 1. The Bertz CT molecular complexity index is 875. The van der Waals surface area contributed by atoms with Gasteiger partial charge in [-0.2, -0.15) is 0 Å². The van der Waals surface area contributed by atoms with Crippen molar-refractivity contribution in [3.63, 3.8) is 0 Å². The second-order valence-electron chi connectivity index (χ2n) is 9.25. The van der Waals surface area contributed by atoms with Crippen LogP contribution in [-0.2, 0) is 23.9 Å². The summed E-state index contributed by atoms with van der Waals surface area (Å²) >= 11 is 0. The molecule has 2 N–H and O–H groups in total. The van der Waals surface area contributed by atoms with Crippen LogP contribution in [0.3, 0.4) is 0 Å². The molecular formula is C24H35N3O6. The SMILES string of the molecule is COC(=O)CNC(=O)C(c1ccccc1C)N(C(=O)C(C)NC(=O)OC(C)(C)C)C1CCC1. The Morgan fingerprint density at radius 1 is 1.15 bits per heavy atom. The van der Waals surface area contributed by atoms with E-state index in [-0.39, 0.29) is 12.6 Å². The van der Waals surface area contributed by atoms with Gasteiger partial charge in [-0.1, -0.05) is 24.3 Å². The summed E-state index contributed by atoms with van der Waals surface area (Å²) in [7, 11) is 1.24. The molecule has 1 aliphatic rings. The van der Waals surface area contributed by atoms with E-state index in [1.165, 1.54) is 7.11 Å². The fourth-order valence-corrected chi connectivity index (χ4v) is 3.59. The monoisotopic (exact) mass is 461 g/mol. The first-order chi connectivity index (χ1) is 15.4. The van der Waals surface area contributed by atoms with Gasteiger partial charge in [-0.3, -0.25) is 14.4 Å². The molecule has 0 heterocycles. The Labute approximate surface area is 195 Å². The van der Waals surface area contributed by atoms with Crippen LogP contribution in [-0.4, -0.2) is 60.1 Å². The molecule has 1 aromatic carbocycles. The van der Waals surface area contributed by atoms with Crippen molar-refractivity contribution in [2.24, 2.45) is 0 Å². The number of carbonyl (C=O) groups excluding carboxylic acids is 4. The minimum atomic E-state index is -0.962. The number of ether oxygens (including phenoxy) is 2. The Hall–Kier alpha value is -3.10. The van der Waals surface area contributed by atoms with Crippen molar-refractivity contribution < 1.29 is 28.7 Å². The van der Waals surface area contributed by atoms with Crippen molar-refractivity contribution in [2.75, 3.05) is 13.7 Å². The van der Waals surface area contributed by atoms with Crippen LogP contribution >= 0.6 is 0 Å². The predicted octanol–water partition coefficient (Wildman–Crippen LogP) is 2.62. The highest BCUT2D eigenvalue weighted by Crippen LogP contribution is 2.34. The van der Waals surface area contributed by atoms with Gasteiger partial charge in [-0.05, 0) is 65.0 Å². The molecule has 1 fully saturated rings. The number of amides is 3. The van der Waals surface area contributed by atoms with Gasteiger partial charge in [0.15, 0.2) is 0 Å². The highest BCUT2D eigenvalue weighted by atomic mass is 16.6. The third-order valence-electron chi connectivity index (χ3n) is 5.47. The molecule has 0 spiro atoms. The molecule has 1 aliphatic carbocycles. The van der Waals surface area contributed by atoms with Crippen molar-refractivity contribution in [3.8, 4) is 0 Å². The quantitative estimate of drug-likeness (QED) is 0.575. The Kier molecular flexibility index (Phi) is 8.84. The maximum atomic E-state index is 13.6. The summed E-state index contributed by atoms with van der Waals surface area (Å²) < 4.78 is 9.90. The van der Waals surface area contributed by atoms with E-state index >= 15 is 0 Å². The largest absolute Gasteiger partial charge is 0.468 e. The molecule has 0 saturated heterocycles. The number of aryl methyl sites for hydroxylation is 1. The van der Waals surface area contributed by atoms with Gasteiger partial charge >= 0.3 is 12.1 Å². The first-order valence-electron chi connectivity index (χ1n) is 11.2. The third kappa shape index (κ3) is 7.20. The number of hydrogen-bond donors (Lipinski definition) is 2. The van der Waals surface area contributed by atoms with Crippen LogP contribution in [0.15, 0.2) is 24.3 Å². The van der Waals surface area contributed by atoms with Crippen LogP contribution in [0, 0.1) is 6.92 Å². The van der Waals surface area contributed by atoms with Crippen LogP contribution in [0.25, 0.3) is 0 Å². The Morgan fingerprint density at radius 2 is 1.79 bits per heavy atom. The summed E-state index contributed by atoms with van der Waals surface area (Å²) in [5.41, 5.74) is 0.781. The zero-order valence-electron chi connectivity index (χ0n) is 20.3. The average Bonchev–Trinajstić information content (AvgIpc) is 2.69. The number of carbonyl (C=O) groups is 4. The summed E-state index contributed by atoms with van der Waals surface area (Å²) in [5.74, 6) is -1.47. The predicted molar refractivity (Wildman–Crippen MR) is 122 cm³/mol. The zero-order chi connectivity index (χ0) is 24.8. The van der Waals surface area contributed by atoms with Gasteiger partial charge in [0, 0.05) is 6.04 Å². The van der Waals surface area contributed by atoms with Gasteiger partial charge in [0.2, 0.25) is 11.8 Å². The van der Waals surface area contributed by atoms with Crippen LogP contribution < -0.4 is 10.6 Å². The second-order valence-corrected chi connectivity index (χ2v) is 9.25. The third-order valence-corrected chi connectivity index (χ3v) is 5.47. The molecule has 182 valence electrons. The molecule has 0 aliphatic heterocycles. The number of nitrogens with one attached hydrogen (secondary N) is 2. The van der Waals surface area contributed by atoms with Crippen LogP contribution in [0.2, 0.25) is 0 Å². The highest BCUT2D eigenvalue weighted by molar-refractivity contribution is 5.93. The first kappa shape index (κ1) is 26.2. The van der Waals surface area contributed by atoms with Gasteiger partial charge in [0.1, 0.15) is 24.2 Å². The number of nitrogens with zero attached hydrogens (tertiary/aromatic N) is 1. The lowest BCUT2D eigenvalue weighted by atomic mass is 9.87. The fraction of sp³-hybridized carbons (Fsp3) is 0.583. The average molecular weight is 462 g/mol. The lowest BCUT2D eigenvalue weighted by molar-refractivity contribution is -0.148. The molecule has 0 bridgehead atoms. The second kappa shape index (κ2) is 11.2. The van der Waals surface area contributed by atoms with Crippen molar-refractivity contribution in [1.29, 1.82) is 0 Å². The molecule has 0 radical (unpaired) electrons. The van der Waals surface area contributed by atoms with E-state index in [0.29, 0.717) is 5.56 Å². The molecule has 2 atom stereocenters. The Morgan fingerprint density at radius 3 is 2.30 bits per heavy atom. The zero-order valence-corrected chi connectivity index (χ0v) is 20.3. The van der Waals surface area contributed by atoms with E-state index < -0.39 is 41.6 Å².